The zero-order chi connectivity index (χ0) is 13.7. The highest BCUT2D eigenvalue weighted by Crippen LogP contribution is 2.24. The van der Waals surface area contributed by atoms with Crippen LogP contribution >= 0.6 is 12.6 Å². The van der Waals surface area contributed by atoms with Crippen molar-refractivity contribution in [2.45, 2.75) is 25.6 Å². The standard InChI is InChI=1S/C13H18O4S/c1-8-3-4-9(13(16)17-2)7-10(8)12(15)11(14)5-6-18/h3-4,7,11-12,14-15,18H,5-6H2,1-2H3. The Morgan fingerprint density at radius 3 is 2.67 bits per heavy atom. The molecule has 0 saturated heterocycles. The lowest BCUT2D eigenvalue weighted by molar-refractivity contribution is 0.0168. The van der Waals surface area contributed by atoms with Gasteiger partial charge in [0.25, 0.3) is 0 Å². The van der Waals surface area contributed by atoms with Gasteiger partial charge in [-0.3, -0.25) is 0 Å². The third-order valence-electron chi connectivity index (χ3n) is 2.81. The number of rotatable bonds is 5. The van der Waals surface area contributed by atoms with Gasteiger partial charge in [0, 0.05) is 0 Å². The third kappa shape index (κ3) is 3.48. The molecule has 0 bridgehead atoms. The number of thiol groups is 1. The Hall–Kier alpha value is -1.04. The van der Waals surface area contributed by atoms with Gasteiger partial charge < -0.3 is 14.9 Å². The Kier molecular flexibility index (Phi) is 5.65. The number of hydrogen-bond acceptors (Lipinski definition) is 5. The predicted molar refractivity (Wildman–Crippen MR) is 72.0 cm³/mol. The molecule has 18 heavy (non-hydrogen) atoms. The average molecular weight is 270 g/mol. The number of esters is 1. The first-order valence-corrected chi connectivity index (χ1v) is 6.30. The minimum atomic E-state index is -1.03. The smallest absolute Gasteiger partial charge is 0.337 e. The van der Waals surface area contributed by atoms with Crippen LogP contribution in [0, 0.1) is 6.92 Å². The number of aryl methyl sites for hydroxylation is 1. The summed E-state index contributed by atoms with van der Waals surface area (Å²) in [5, 5.41) is 19.8. The molecule has 0 saturated carbocycles. The molecular weight excluding hydrogens is 252 g/mol. The lowest BCUT2D eigenvalue weighted by atomic mass is 9.96. The van der Waals surface area contributed by atoms with E-state index in [4.69, 9.17) is 0 Å². The van der Waals surface area contributed by atoms with Crippen molar-refractivity contribution in [3.05, 3.63) is 34.9 Å². The Balaban J connectivity index is 3.03. The highest BCUT2D eigenvalue weighted by atomic mass is 32.1. The van der Waals surface area contributed by atoms with Gasteiger partial charge in [-0.2, -0.15) is 12.6 Å². The van der Waals surface area contributed by atoms with Gasteiger partial charge >= 0.3 is 5.97 Å². The molecule has 0 amide bonds. The Morgan fingerprint density at radius 1 is 1.44 bits per heavy atom. The predicted octanol–water partition coefficient (Wildman–Crippen LogP) is 1.50. The fourth-order valence-corrected chi connectivity index (χ4v) is 1.97. The number of ether oxygens (including phenoxy) is 1. The summed E-state index contributed by atoms with van der Waals surface area (Å²) >= 11 is 4.02. The zero-order valence-corrected chi connectivity index (χ0v) is 11.4. The van der Waals surface area contributed by atoms with Crippen LogP contribution in [0.3, 0.4) is 0 Å². The minimum absolute atomic E-state index is 0.357. The number of hydrogen-bond donors (Lipinski definition) is 3. The van der Waals surface area contributed by atoms with E-state index in [1.165, 1.54) is 7.11 Å². The Labute approximate surface area is 112 Å². The largest absolute Gasteiger partial charge is 0.465 e. The number of aliphatic hydroxyl groups excluding tert-OH is 2. The fourth-order valence-electron chi connectivity index (χ4n) is 1.70. The van der Waals surface area contributed by atoms with Crippen LogP contribution in [0.15, 0.2) is 18.2 Å². The molecule has 2 atom stereocenters. The quantitative estimate of drug-likeness (QED) is 0.560. The van der Waals surface area contributed by atoms with Gasteiger partial charge in [-0.1, -0.05) is 6.07 Å². The second kappa shape index (κ2) is 6.78. The number of aliphatic hydroxyl groups is 2. The summed E-state index contributed by atoms with van der Waals surface area (Å²) in [6, 6.07) is 4.90. The number of carbonyl (C=O) groups excluding carboxylic acids is 1. The topological polar surface area (TPSA) is 66.8 Å². The summed E-state index contributed by atoms with van der Waals surface area (Å²) in [5.41, 5.74) is 1.70. The van der Waals surface area contributed by atoms with Crippen molar-refractivity contribution >= 4 is 18.6 Å². The van der Waals surface area contributed by atoms with Gasteiger partial charge in [0.2, 0.25) is 0 Å². The van der Waals surface area contributed by atoms with Crippen LogP contribution in [0.4, 0.5) is 0 Å². The monoisotopic (exact) mass is 270 g/mol. The molecule has 0 aliphatic heterocycles. The van der Waals surface area contributed by atoms with Gasteiger partial charge in [-0.25, -0.2) is 4.79 Å². The maximum Gasteiger partial charge on any atom is 0.337 e. The van der Waals surface area contributed by atoms with E-state index >= 15 is 0 Å². The van der Waals surface area contributed by atoms with Gasteiger partial charge in [0.15, 0.2) is 0 Å². The molecule has 2 unspecified atom stereocenters. The van der Waals surface area contributed by atoms with Crippen LogP contribution in [0.1, 0.15) is 34.0 Å². The maximum absolute atomic E-state index is 11.4. The van der Waals surface area contributed by atoms with Crippen molar-refractivity contribution in [2.24, 2.45) is 0 Å². The van der Waals surface area contributed by atoms with Crippen molar-refractivity contribution in [2.75, 3.05) is 12.9 Å². The molecule has 1 aromatic rings. The summed E-state index contributed by atoms with van der Waals surface area (Å²) in [5.74, 6) is 0.0145. The summed E-state index contributed by atoms with van der Waals surface area (Å²) in [4.78, 5) is 11.4. The summed E-state index contributed by atoms with van der Waals surface area (Å²) in [7, 11) is 1.30. The summed E-state index contributed by atoms with van der Waals surface area (Å²) in [6.07, 6.45) is -1.54. The van der Waals surface area contributed by atoms with E-state index in [-0.39, 0.29) is 0 Å². The maximum atomic E-state index is 11.4. The normalized spacial score (nSPS) is 14.1. The molecule has 100 valence electrons. The molecule has 0 aliphatic rings. The molecular formula is C13H18O4S. The second-order valence-electron chi connectivity index (χ2n) is 4.09. The lowest BCUT2D eigenvalue weighted by Crippen LogP contribution is -2.20. The molecule has 0 aliphatic carbocycles. The number of methoxy groups -OCH3 is 1. The van der Waals surface area contributed by atoms with Crippen LogP contribution in [0.25, 0.3) is 0 Å². The van der Waals surface area contributed by atoms with Crippen molar-refractivity contribution in [3.8, 4) is 0 Å². The summed E-state index contributed by atoms with van der Waals surface area (Å²) in [6.45, 7) is 1.81. The first kappa shape index (κ1) is 15.0. The molecule has 0 spiro atoms. The molecule has 0 aromatic heterocycles. The van der Waals surface area contributed by atoms with Gasteiger partial charge in [0.1, 0.15) is 6.10 Å². The Bertz CT molecular complexity index is 419. The molecule has 0 heterocycles. The molecule has 1 aromatic carbocycles. The fraction of sp³-hybridized carbons (Fsp3) is 0.462. The Morgan fingerprint density at radius 2 is 2.11 bits per heavy atom. The third-order valence-corrected chi connectivity index (χ3v) is 3.07. The van der Waals surface area contributed by atoms with E-state index in [2.05, 4.69) is 17.4 Å². The molecule has 1 rings (SSSR count). The van der Waals surface area contributed by atoms with Crippen molar-refractivity contribution in [3.63, 3.8) is 0 Å². The lowest BCUT2D eigenvalue weighted by Gasteiger charge is -2.19. The van der Waals surface area contributed by atoms with Crippen LogP contribution < -0.4 is 0 Å². The second-order valence-corrected chi connectivity index (χ2v) is 4.53. The number of benzene rings is 1. The van der Waals surface area contributed by atoms with Crippen molar-refractivity contribution in [1.29, 1.82) is 0 Å². The SMILES string of the molecule is COC(=O)c1ccc(C)c(C(O)C(O)CCS)c1. The molecule has 2 N–H and O–H groups in total. The first-order valence-electron chi connectivity index (χ1n) is 5.67. The van der Waals surface area contributed by atoms with Crippen LogP contribution in [-0.4, -0.2) is 35.1 Å². The zero-order valence-electron chi connectivity index (χ0n) is 10.5. The molecule has 4 nitrogen and oxygen atoms in total. The van der Waals surface area contributed by atoms with E-state index in [0.717, 1.165) is 5.56 Å². The number of carbonyl (C=O) groups is 1. The average Bonchev–Trinajstić information content (AvgIpc) is 2.37. The minimum Gasteiger partial charge on any atom is -0.465 e. The molecule has 0 fully saturated rings. The van der Waals surface area contributed by atoms with Crippen LogP contribution in [0.2, 0.25) is 0 Å². The summed E-state index contributed by atoms with van der Waals surface area (Å²) < 4.78 is 4.62. The van der Waals surface area contributed by atoms with Crippen LogP contribution in [0.5, 0.6) is 0 Å². The van der Waals surface area contributed by atoms with Gasteiger partial charge in [0.05, 0.1) is 18.8 Å². The van der Waals surface area contributed by atoms with Gasteiger partial charge in [-0.05, 0) is 42.4 Å². The van der Waals surface area contributed by atoms with E-state index < -0.39 is 18.2 Å². The van der Waals surface area contributed by atoms with E-state index in [1.807, 2.05) is 6.92 Å². The highest BCUT2D eigenvalue weighted by Gasteiger charge is 2.20. The highest BCUT2D eigenvalue weighted by molar-refractivity contribution is 7.80. The van der Waals surface area contributed by atoms with E-state index in [0.29, 0.717) is 23.3 Å². The van der Waals surface area contributed by atoms with Crippen molar-refractivity contribution in [1.82, 2.24) is 0 Å². The van der Waals surface area contributed by atoms with Gasteiger partial charge in [-0.15, -0.1) is 0 Å². The van der Waals surface area contributed by atoms with Crippen molar-refractivity contribution < 1.29 is 19.7 Å². The van der Waals surface area contributed by atoms with E-state index in [9.17, 15) is 15.0 Å². The van der Waals surface area contributed by atoms with Crippen LogP contribution in [-0.2, 0) is 4.74 Å². The molecule has 0 radical (unpaired) electrons. The van der Waals surface area contributed by atoms with E-state index in [1.54, 1.807) is 18.2 Å². The first-order chi connectivity index (χ1) is 8.51. The molecule has 5 heteroatoms.